The van der Waals surface area contributed by atoms with E-state index in [-0.39, 0.29) is 0 Å². The van der Waals surface area contributed by atoms with Crippen molar-refractivity contribution < 1.29 is 103 Å². The van der Waals surface area contributed by atoms with E-state index < -0.39 is 186 Å². The molecular formula is C30H56FN5O20. The van der Waals surface area contributed by atoms with E-state index >= 15 is 0 Å². The Morgan fingerprint density at radius 3 is 0.911 bits per heavy atom. The van der Waals surface area contributed by atoms with Crippen LogP contribution in [0, 0.1) is 0 Å². The van der Waals surface area contributed by atoms with Gasteiger partial charge in [-0.1, -0.05) is 0 Å². The number of aliphatic hydroxyl groups is 11. The molecule has 0 unspecified atom stereocenters. The van der Waals surface area contributed by atoms with Gasteiger partial charge in [0.2, 0.25) is 6.36 Å². The Labute approximate surface area is 318 Å². The predicted molar refractivity (Wildman–Crippen MR) is 175 cm³/mol. The number of hydrogen-bond donors (Lipinski definition) is 16. The van der Waals surface area contributed by atoms with E-state index in [1.807, 2.05) is 0 Å². The van der Waals surface area contributed by atoms with Gasteiger partial charge < -0.3 is 127 Å². The van der Waals surface area contributed by atoms with Crippen molar-refractivity contribution in [2.75, 3.05) is 33.0 Å². The second-order valence-corrected chi connectivity index (χ2v) is 14.3. The molecule has 5 aliphatic heterocycles. The highest BCUT2D eigenvalue weighted by Gasteiger charge is 2.55. The highest BCUT2D eigenvalue weighted by molar-refractivity contribution is 5.01. The molecule has 0 spiro atoms. The van der Waals surface area contributed by atoms with Gasteiger partial charge in [-0.05, 0) is 0 Å². The lowest BCUT2D eigenvalue weighted by molar-refractivity contribution is -0.363. The molecule has 328 valence electrons. The van der Waals surface area contributed by atoms with Gasteiger partial charge in [0, 0.05) is 0 Å². The van der Waals surface area contributed by atoms with Crippen LogP contribution < -0.4 is 28.7 Å². The third-order valence-electron chi connectivity index (χ3n) is 10.7. The fourth-order valence-electron chi connectivity index (χ4n) is 7.22. The predicted octanol–water partition coefficient (Wildman–Crippen LogP) is -11.1. The fourth-order valence-corrected chi connectivity index (χ4v) is 7.22. The lowest BCUT2D eigenvalue weighted by atomic mass is 9.94. The third kappa shape index (κ3) is 9.15. The molecule has 5 aliphatic rings. The number of halogens is 1. The van der Waals surface area contributed by atoms with Crippen molar-refractivity contribution in [3.8, 4) is 0 Å². The van der Waals surface area contributed by atoms with Crippen LogP contribution >= 0.6 is 0 Å². The molecule has 5 heterocycles. The summed E-state index contributed by atoms with van der Waals surface area (Å²) in [7, 11) is 0. The Kier molecular flexibility index (Phi) is 16.1. The Morgan fingerprint density at radius 1 is 0.357 bits per heavy atom. The van der Waals surface area contributed by atoms with Crippen molar-refractivity contribution >= 4 is 0 Å². The first-order chi connectivity index (χ1) is 26.5. The van der Waals surface area contributed by atoms with Crippen molar-refractivity contribution in [1.29, 1.82) is 0 Å². The van der Waals surface area contributed by atoms with Crippen molar-refractivity contribution in [2.45, 2.75) is 153 Å². The van der Waals surface area contributed by atoms with Crippen molar-refractivity contribution in [1.82, 2.24) is 0 Å². The van der Waals surface area contributed by atoms with Gasteiger partial charge in [-0.15, -0.1) is 0 Å². The number of rotatable bonds is 13. The molecule has 0 amide bonds. The smallest absolute Gasteiger partial charge is 0.217 e. The fraction of sp³-hybridized carbons (Fsp3) is 1.00. The topological polar surface area (TPSA) is 436 Å². The molecule has 5 fully saturated rings. The number of hydrogen-bond acceptors (Lipinski definition) is 25. The minimum absolute atomic E-state index is 0.714. The number of alkyl halides is 1. The van der Waals surface area contributed by atoms with Crippen LogP contribution in [0.1, 0.15) is 0 Å². The molecule has 25 nitrogen and oxygen atoms in total. The zero-order valence-corrected chi connectivity index (χ0v) is 29.8. The average Bonchev–Trinajstić information content (AvgIpc) is 3.19. The van der Waals surface area contributed by atoms with Crippen LogP contribution in [0.15, 0.2) is 0 Å². The minimum atomic E-state index is -2.13. The summed E-state index contributed by atoms with van der Waals surface area (Å²) in [6.07, 6.45) is -31.5. The summed E-state index contributed by atoms with van der Waals surface area (Å²) in [6.45, 7) is -3.98. The molecule has 0 aliphatic carbocycles. The molecule has 0 aromatic heterocycles. The summed E-state index contributed by atoms with van der Waals surface area (Å²) in [6, 6.07) is -7.42. The quantitative estimate of drug-likeness (QED) is 0.0819. The molecular weight excluding hydrogens is 769 g/mol. The normalized spacial score (nSPS) is 53.2. The summed E-state index contributed by atoms with van der Waals surface area (Å²) in [5.74, 6) is 0. The average molecular weight is 826 g/mol. The molecule has 5 rings (SSSR count). The molecule has 0 saturated carbocycles. The van der Waals surface area contributed by atoms with Crippen molar-refractivity contribution in [3.05, 3.63) is 0 Å². The summed E-state index contributed by atoms with van der Waals surface area (Å²) in [5.41, 5.74) is 30.2. The molecule has 25 atom stereocenters. The Balaban J connectivity index is 1.22. The molecule has 21 N–H and O–H groups in total. The molecule has 26 heteroatoms. The van der Waals surface area contributed by atoms with E-state index in [2.05, 4.69) is 0 Å². The van der Waals surface area contributed by atoms with Gasteiger partial charge in [-0.3, -0.25) is 0 Å². The molecule has 0 aromatic rings. The maximum Gasteiger partial charge on any atom is 0.217 e. The van der Waals surface area contributed by atoms with Gasteiger partial charge in [0.1, 0.15) is 91.6 Å². The Bertz CT molecular complexity index is 1220. The zero-order chi connectivity index (χ0) is 41.3. The van der Waals surface area contributed by atoms with Crippen LogP contribution in [-0.4, -0.2) is 242 Å². The highest BCUT2D eigenvalue weighted by Crippen LogP contribution is 2.34. The molecule has 0 aromatic carbocycles. The Hall–Kier alpha value is -1.07. The van der Waals surface area contributed by atoms with E-state index in [9.17, 15) is 60.6 Å². The minimum Gasteiger partial charge on any atom is -0.394 e. The van der Waals surface area contributed by atoms with Gasteiger partial charge in [0.05, 0.1) is 63.2 Å². The number of ether oxygens (including phenoxy) is 9. The van der Waals surface area contributed by atoms with Crippen LogP contribution in [0.4, 0.5) is 4.39 Å². The molecule has 0 radical (unpaired) electrons. The van der Waals surface area contributed by atoms with E-state index in [1.165, 1.54) is 0 Å². The number of aliphatic hydroxyl groups excluding tert-OH is 11. The van der Waals surface area contributed by atoms with Crippen molar-refractivity contribution in [3.63, 3.8) is 0 Å². The largest absolute Gasteiger partial charge is 0.394 e. The van der Waals surface area contributed by atoms with E-state index in [4.69, 9.17) is 71.3 Å². The van der Waals surface area contributed by atoms with Crippen LogP contribution in [0.3, 0.4) is 0 Å². The van der Waals surface area contributed by atoms with E-state index in [0.29, 0.717) is 0 Å². The lowest BCUT2D eigenvalue weighted by Gasteiger charge is -2.50. The van der Waals surface area contributed by atoms with Crippen LogP contribution in [0.2, 0.25) is 0 Å². The monoisotopic (exact) mass is 825 g/mol. The van der Waals surface area contributed by atoms with E-state index in [0.717, 1.165) is 0 Å². The Morgan fingerprint density at radius 2 is 0.607 bits per heavy atom. The van der Waals surface area contributed by atoms with Crippen LogP contribution in [0.5, 0.6) is 0 Å². The summed E-state index contributed by atoms with van der Waals surface area (Å²) in [5, 5.41) is 114. The molecule has 0 bridgehead atoms. The SMILES string of the molecule is N[C@@H]1[C@@H](O)[C@H](O[C@@H]2O[C@H](CO)[C@@H](O[C@@H]3O[C@H](CO)[C@@H](O[C@@H]4O[C@H](CO)[C@@H](O[C@@H]5O[C@H](CO)[C@@H](O)[C@H](O)[C@H]5N)[C@H](O)[C@H]4N)[C@H](O)[C@H]3N)[C@H](O)[C@H]2N)[C@@H](CO)O[C@H]1F. The van der Waals surface area contributed by atoms with Crippen LogP contribution in [0.25, 0.3) is 0 Å². The lowest BCUT2D eigenvalue weighted by Crippen LogP contribution is -2.70. The van der Waals surface area contributed by atoms with Crippen LogP contribution in [-0.2, 0) is 42.6 Å². The summed E-state index contributed by atoms with van der Waals surface area (Å²) >= 11 is 0. The summed E-state index contributed by atoms with van der Waals surface area (Å²) in [4.78, 5) is 0. The number of nitrogens with two attached hydrogens (primary N) is 5. The second-order valence-electron chi connectivity index (χ2n) is 14.3. The van der Waals surface area contributed by atoms with Gasteiger partial charge in [0.15, 0.2) is 25.2 Å². The van der Waals surface area contributed by atoms with Gasteiger partial charge in [-0.2, -0.15) is 0 Å². The van der Waals surface area contributed by atoms with E-state index in [1.54, 1.807) is 0 Å². The molecule has 56 heavy (non-hydrogen) atoms. The van der Waals surface area contributed by atoms with Gasteiger partial charge in [0.25, 0.3) is 0 Å². The first-order valence-corrected chi connectivity index (χ1v) is 18.0. The standard InChI is InChI=1S/C30H56FN5O20/c31-26-11(32)18(44)22(7(2-38)48-26)53-28-13(34)20(46)24(9(4-40)50-28)55-30-15(36)21(47)25(10(5-41)52-30)56-29-14(35)19(45)23(8(3-39)51-29)54-27-12(33)17(43)16(42)6(1-37)49-27/h6-30,37-47H,1-5,32-36H2/t6-,7-,8-,9-,10-,11-,12-,13-,14-,15-,16-,17-,18-,19-,20-,21-,22-,23-,24-,25-,26-,27+,28+,29+,30+/m1/s1. The van der Waals surface area contributed by atoms with Gasteiger partial charge >= 0.3 is 0 Å². The third-order valence-corrected chi connectivity index (χ3v) is 10.7. The second kappa shape index (κ2) is 19.5. The maximum absolute atomic E-state index is 14.1. The zero-order valence-electron chi connectivity index (χ0n) is 29.8. The first-order valence-electron chi connectivity index (χ1n) is 18.0. The summed E-state index contributed by atoms with van der Waals surface area (Å²) < 4.78 is 64.8. The first kappa shape index (κ1) is 46.0. The van der Waals surface area contributed by atoms with Gasteiger partial charge in [-0.25, -0.2) is 4.39 Å². The van der Waals surface area contributed by atoms with Crippen molar-refractivity contribution in [2.24, 2.45) is 28.7 Å². The highest BCUT2D eigenvalue weighted by atomic mass is 19.1. The molecule has 5 saturated heterocycles. The maximum atomic E-state index is 14.1.